The lowest BCUT2D eigenvalue weighted by molar-refractivity contribution is -0.142. The highest BCUT2D eigenvalue weighted by Crippen LogP contribution is 2.33. The van der Waals surface area contributed by atoms with Gasteiger partial charge in [-0.05, 0) is 50.2 Å². The number of benzene rings is 1. The Labute approximate surface area is 159 Å². The van der Waals surface area contributed by atoms with Crippen LogP contribution in [0, 0.1) is 0 Å². The normalized spacial score (nSPS) is 21.1. The number of aromatic nitrogens is 1. The average molecular weight is 369 g/mol. The van der Waals surface area contributed by atoms with Gasteiger partial charge in [0, 0.05) is 24.4 Å². The van der Waals surface area contributed by atoms with Crippen molar-refractivity contribution in [1.82, 2.24) is 15.6 Å². The maximum atomic E-state index is 13.3. The number of ether oxygens (including phenoxy) is 1. The Morgan fingerprint density at radius 3 is 2.70 bits per heavy atom. The van der Waals surface area contributed by atoms with E-state index in [0.717, 1.165) is 49.7 Å². The van der Waals surface area contributed by atoms with Crippen LogP contribution in [0.25, 0.3) is 10.9 Å². The van der Waals surface area contributed by atoms with Crippen LogP contribution in [0.4, 0.5) is 0 Å². The summed E-state index contributed by atoms with van der Waals surface area (Å²) in [5, 5.41) is 17.3. The Kier molecular flexibility index (Phi) is 5.02. The molecule has 1 saturated heterocycles. The second kappa shape index (κ2) is 7.44. The van der Waals surface area contributed by atoms with Crippen LogP contribution in [0.3, 0.4) is 0 Å². The quantitative estimate of drug-likeness (QED) is 0.752. The van der Waals surface area contributed by atoms with Crippen molar-refractivity contribution in [3.63, 3.8) is 0 Å². The van der Waals surface area contributed by atoms with Crippen LogP contribution in [-0.4, -0.2) is 46.8 Å². The molecule has 2 fully saturated rings. The molecule has 6 nitrogen and oxygen atoms in total. The predicted molar refractivity (Wildman–Crippen MR) is 104 cm³/mol. The van der Waals surface area contributed by atoms with Gasteiger partial charge in [0.05, 0.1) is 17.7 Å². The molecule has 0 atom stereocenters. The van der Waals surface area contributed by atoms with Gasteiger partial charge in [-0.1, -0.05) is 18.9 Å². The van der Waals surface area contributed by atoms with Gasteiger partial charge in [0.15, 0.2) is 5.60 Å². The zero-order valence-electron chi connectivity index (χ0n) is 15.5. The number of carbonyl (C=O) groups is 1. The van der Waals surface area contributed by atoms with Crippen molar-refractivity contribution in [3.8, 4) is 5.75 Å². The number of piperidine rings is 1. The van der Waals surface area contributed by atoms with Crippen LogP contribution in [-0.2, 0) is 4.79 Å². The van der Waals surface area contributed by atoms with Crippen molar-refractivity contribution >= 4 is 16.8 Å². The van der Waals surface area contributed by atoms with E-state index in [1.807, 2.05) is 30.3 Å². The first-order chi connectivity index (χ1) is 13.1. The van der Waals surface area contributed by atoms with Gasteiger partial charge < -0.3 is 20.5 Å². The predicted octanol–water partition coefficient (Wildman–Crippen LogP) is 2.16. The van der Waals surface area contributed by atoms with Crippen LogP contribution in [0.5, 0.6) is 5.75 Å². The van der Waals surface area contributed by atoms with Crippen molar-refractivity contribution in [2.24, 2.45) is 0 Å². The van der Waals surface area contributed by atoms with E-state index in [-0.39, 0.29) is 12.5 Å². The largest absolute Gasteiger partial charge is 0.477 e. The van der Waals surface area contributed by atoms with Gasteiger partial charge in [-0.3, -0.25) is 9.78 Å². The fraction of sp³-hybridized carbons (Fsp3) is 0.524. The van der Waals surface area contributed by atoms with E-state index >= 15 is 0 Å². The summed E-state index contributed by atoms with van der Waals surface area (Å²) in [5.74, 6) is 0.572. The Hall–Kier alpha value is -2.18. The summed E-state index contributed by atoms with van der Waals surface area (Å²) < 4.78 is 6.35. The van der Waals surface area contributed by atoms with E-state index in [9.17, 15) is 9.90 Å². The van der Waals surface area contributed by atoms with E-state index in [4.69, 9.17) is 4.74 Å². The summed E-state index contributed by atoms with van der Waals surface area (Å²) in [7, 11) is 0. The SMILES string of the molecule is O=C(NC1(CO)CCCC1)C1(Oc2ccc3ncccc3c2)CCNCC1. The van der Waals surface area contributed by atoms with Gasteiger partial charge in [0.1, 0.15) is 5.75 Å². The van der Waals surface area contributed by atoms with Gasteiger partial charge in [-0.25, -0.2) is 0 Å². The molecular formula is C21H27N3O3. The third-order valence-corrected chi connectivity index (χ3v) is 5.95. The Bertz CT molecular complexity index is 811. The van der Waals surface area contributed by atoms with E-state index in [1.54, 1.807) is 6.20 Å². The van der Waals surface area contributed by atoms with Gasteiger partial charge >= 0.3 is 0 Å². The summed E-state index contributed by atoms with van der Waals surface area (Å²) in [4.78, 5) is 17.7. The molecule has 1 amide bonds. The molecule has 0 unspecified atom stereocenters. The number of aliphatic hydroxyl groups excluding tert-OH is 1. The lowest BCUT2D eigenvalue weighted by Gasteiger charge is -2.39. The Morgan fingerprint density at radius 2 is 1.96 bits per heavy atom. The van der Waals surface area contributed by atoms with Crippen LogP contribution in [0.1, 0.15) is 38.5 Å². The number of amides is 1. The molecule has 4 rings (SSSR count). The topological polar surface area (TPSA) is 83.5 Å². The second-order valence-corrected chi connectivity index (χ2v) is 7.80. The number of nitrogens with zero attached hydrogens (tertiary/aromatic N) is 1. The number of rotatable bonds is 5. The molecule has 1 aromatic carbocycles. The molecule has 6 heteroatoms. The van der Waals surface area contributed by atoms with Crippen molar-refractivity contribution in [3.05, 3.63) is 36.5 Å². The number of hydrogen-bond donors (Lipinski definition) is 3. The van der Waals surface area contributed by atoms with Crippen molar-refractivity contribution < 1.29 is 14.6 Å². The lowest BCUT2D eigenvalue weighted by Crippen LogP contribution is -2.62. The number of pyridine rings is 1. The summed E-state index contributed by atoms with van der Waals surface area (Å²) in [5.41, 5.74) is -0.504. The molecule has 1 aromatic heterocycles. The molecule has 2 heterocycles. The van der Waals surface area contributed by atoms with Crippen molar-refractivity contribution in [2.45, 2.75) is 49.7 Å². The highest BCUT2D eigenvalue weighted by atomic mass is 16.5. The third kappa shape index (κ3) is 3.64. The average Bonchev–Trinajstić information content (AvgIpc) is 3.17. The Morgan fingerprint density at radius 1 is 1.19 bits per heavy atom. The number of carbonyl (C=O) groups excluding carboxylic acids is 1. The summed E-state index contributed by atoms with van der Waals surface area (Å²) in [6, 6.07) is 9.62. The first kappa shape index (κ1) is 18.2. The van der Waals surface area contributed by atoms with E-state index in [2.05, 4.69) is 15.6 Å². The van der Waals surface area contributed by atoms with E-state index < -0.39 is 11.1 Å². The number of hydrogen-bond acceptors (Lipinski definition) is 5. The highest BCUT2D eigenvalue weighted by Gasteiger charge is 2.46. The van der Waals surface area contributed by atoms with Crippen LogP contribution in [0.15, 0.2) is 36.5 Å². The fourth-order valence-electron chi connectivity index (χ4n) is 4.28. The molecule has 2 aliphatic rings. The molecule has 2 aromatic rings. The molecule has 144 valence electrons. The lowest BCUT2D eigenvalue weighted by atomic mass is 9.88. The molecule has 3 N–H and O–H groups in total. The minimum atomic E-state index is -0.911. The zero-order chi connectivity index (χ0) is 18.7. The molecule has 0 radical (unpaired) electrons. The molecular weight excluding hydrogens is 342 g/mol. The van der Waals surface area contributed by atoms with Crippen LogP contribution in [0.2, 0.25) is 0 Å². The van der Waals surface area contributed by atoms with E-state index in [1.165, 1.54) is 0 Å². The summed E-state index contributed by atoms with van der Waals surface area (Å²) in [6.07, 6.45) is 6.69. The smallest absolute Gasteiger partial charge is 0.264 e. The summed E-state index contributed by atoms with van der Waals surface area (Å²) >= 11 is 0. The number of fused-ring (bicyclic) bond motifs is 1. The Balaban J connectivity index is 1.60. The maximum Gasteiger partial charge on any atom is 0.264 e. The first-order valence-electron chi connectivity index (χ1n) is 9.83. The van der Waals surface area contributed by atoms with Crippen LogP contribution < -0.4 is 15.4 Å². The van der Waals surface area contributed by atoms with Gasteiger partial charge in [0.25, 0.3) is 5.91 Å². The first-order valence-corrected chi connectivity index (χ1v) is 9.83. The van der Waals surface area contributed by atoms with Gasteiger partial charge in [-0.2, -0.15) is 0 Å². The molecule has 0 bridgehead atoms. The molecule has 1 saturated carbocycles. The molecule has 1 aliphatic heterocycles. The van der Waals surface area contributed by atoms with Crippen molar-refractivity contribution in [1.29, 1.82) is 0 Å². The highest BCUT2D eigenvalue weighted by molar-refractivity contribution is 5.87. The molecule has 27 heavy (non-hydrogen) atoms. The minimum Gasteiger partial charge on any atom is -0.477 e. The number of aliphatic hydroxyl groups is 1. The van der Waals surface area contributed by atoms with Gasteiger partial charge in [0.2, 0.25) is 0 Å². The third-order valence-electron chi connectivity index (χ3n) is 5.95. The van der Waals surface area contributed by atoms with E-state index in [0.29, 0.717) is 18.6 Å². The monoisotopic (exact) mass is 369 g/mol. The molecule has 0 spiro atoms. The van der Waals surface area contributed by atoms with Gasteiger partial charge in [-0.15, -0.1) is 0 Å². The second-order valence-electron chi connectivity index (χ2n) is 7.80. The standard InChI is InChI=1S/C21H27N3O3/c25-15-20(7-1-2-8-20)24-19(26)21(9-12-22-13-10-21)27-17-5-6-18-16(14-17)4-3-11-23-18/h3-6,11,14,22,25H,1-2,7-10,12-13,15H2,(H,24,26). The fourth-order valence-corrected chi connectivity index (χ4v) is 4.28. The van der Waals surface area contributed by atoms with Crippen LogP contribution >= 0.6 is 0 Å². The molecule has 1 aliphatic carbocycles. The zero-order valence-corrected chi connectivity index (χ0v) is 15.5. The summed E-state index contributed by atoms with van der Waals surface area (Å²) in [6.45, 7) is 1.44. The maximum absolute atomic E-state index is 13.3. The number of nitrogens with one attached hydrogen (secondary N) is 2. The minimum absolute atomic E-state index is 0.0191. The van der Waals surface area contributed by atoms with Crippen molar-refractivity contribution in [2.75, 3.05) is 19.7 Å².